The Kier molecular flexibility index (Phi) is 4.11. The van der Waals surface area contributed by atoms with Crippen LogP contribution in [-0.4, -0.2) is 28.1 Å². The minimum atomic E-state index is -0.940. The summed E-state index contributed by atoms with van der Waals surface area (Å²) in [5.41, 5.74) is 0.449. The first-order chi connectivity index (χ1) is 11.1. The van der Waals surface area contributed by atoms with Crippen molar-refractivity contribution in [3.63, 3.8) is 0 Å². The number of nitrogens with one attached hydrogen (secondary N) is 1. The maximum Gasteiger partial charge on any atom is 0.269 e. The van der Waals surface area contributed by atoms with Crippen LogP contribution in [0.3, 0.4) is 0 Å². The lowest BCUT2D eigenvalue weighted by Crippen LogP contribution is -2.20. The van der Waals surface area contributed by atoms with E-state index in [-0.39, 0.29) is 24.0 Å². The highest BCUT2D eigenvalue weighted by Gasteiger charge is 2.15. The van der Waals surface area contributed by atoms with E-state index in [4.69, 9.17) is 4.52 Å². The topological polar surface area (TPSA) is 80.9 Å². The van der Waals surface area contributed by atoms with Crippen LogP contribution in [-0.2, 0) is 11.2 Å². The van der Waals surface area contributed by atoms with Crippen LogP contribution in [0.1, 0.15) is 5.82 Å². The number of rotatable bonds is 4. The zero-order valence-electron chi connectivity index (χ0n) is 11.8. The fraction of sp³-hybridized carbons (Fsp3) is 0.143. The first kappa shape index (κ1) is 15.2. The van der Waals surface area contributed by atoms with Gasteiger partial charge in [-0.2, -0.15) is 4.98 Å². The number of thiazole rings is 1. The number of aromatic nitrogens is 3. The predicted octanol–water partition coefficient (Wildman–Crippen LogP) is 2.43. The normalized spacial score (nSPS) is 10.7. The van der Waals surface area contributed by atoms with E-state index < -0.39 is 11.6 Å². The molecule has 1 N–H and O–H groups in total. The summed E-state index contributed by atoms with van der Waals surface area (Å²) in [6.07, 6.45) is 1.51. The third-order valence-electron chi connectivity index (χ3n) is 2.95. The lowest BCUT2D eigenvalue weighted by molar-refractivity contribution is -0.120. The number of hydrogen-bond acceptors (Lipinski definition) is 6. The van der Waals surface area contributed by atoms with Crippen molar-refractivity contribution >= 4 is 17.2 Å². The molecule has 0 bridgehead atoms. The largest absolute Gasteiger partial charge is 0.359 e. The van der Waals surface area contributed by atoms with Gasteiger partial charge in [-0.05, 0) is 18.2 Å². The highest BCUT2D eigenvalue weighted by atomic mass is 32.1. The highest BCUT2D eigenvalue weighted by Crippen LogP contribution is 2.31. The van der Waals surface area contributed by atoms with E-state index in [1.165, 1.54) is 30.6 Å². The summed E-state index contributed by atoms with van der Waals surface area (Å²) in [5, 5.41) is 6.66. The first-order valence-electron chi connectivity index (χ1n) is 6.51. The third-order valence-corrected chi connectivity index (χ3v) is 3.98. The van der Waals surface area contributed by atoms with Gasteiger partial charge in [0.05, 0.1) is 12.6 Å². The van der Waals surface area contributed by atoms with Gasteiger partial charge in [-0.1, -0.05) is 5.16 Å². The number of likely N-dealkylation sites (N-methyl/N-ethyl adjacent to an activating group) is 1. The zero-order chi connectivity index (χ0) is 16.4. The predicted molar refractivity (Wildman–Crippen MR) is 78.5 cm³/mol. The quantitative estimate of drug-likeness (QED) is 0.791. The van der Waals surface area contributed by atoms with Crippen molar-refractivity contribution in [3.8, 4) is 21.3 Å². The lowest BCUT2D eigenvalue weighted by Gasteiger charge is -1.96. The summed E-state index contributed by atoms with van der Waals surface area (Å²) in [6.45, 7) is 0. The van der Waals surface area contributed by atoms with Crippen LogP contribution in [0.25, 0.3) is 21.3 Å². The van der Waals surface area contributed by atoms with E-state index in [2.05, 4.69) is 20.4 Å². The van der Waals surface area contributed by atoms with Gasteiger partial charge in [0.2, 0.25) is 5.91 Å². The van der Waals surface area contributed by atoms with Crippen LogP contribution >= 0.6 is 11.3 Å². The molecule has 0 atom stereocenters. The van der Waals surface area contributed by atoms with Gasteiger partial charge in [0.1, 0.15) is 9.88 Å². The lowest BCUT2D eigenvalue weighted by atomic mass is 10.2. The van der Waals surface area contributed by atoms with Crippen molar-refractivity contribution in [1.29, 1.82) is 0 Å². The molecule has 6 nitrogen and oxygen atoms in total. The smallest absolute Gasteiger partial charge is 0.269 e. The molecule has 3 aromatic rings. The molecule has 118 valence electrons. The monoisotopic (exact) mass is 336 g/mol. The standard InChI is InChI=1S/C14H10F2N4O2S/c1-17-12(21)5-11-19-13(22-20-11)10-6-18-14(23-10)7-2-3-8(15)9(16)4-7/h2-4,6H,5H2,1H3,(H,17,21). The Morgan fingerprint density at radius 3 is 2.91 bits per heavy atom. The molecule has 0 saturated carbocycles. The Labute approximate surface area is 133 Å². The van der Waals surface area contributed by atoms with Gasteiger partial charge in [0, 0.05) is 12.6 Å². The van der Waals surface area contributed by atoms with Crippen molar-refractivity contribution in [2.75, 3.05) is 7.05 Å². The maximum atomic E-state index is 13.3. The fourth-order valence-electron chi connectivity index (χ4n) is 1.79. The number of nitrogens with zero attached hydrogens (tertiary/aromatic N) is 3. The molecular weight excluding hydrogens is 326 g/mol. The molecule has 0 unspecified atom stereocenters. The van der Waals surface area contributed by atoms with Crippen LogP contribution in [0.2, 0.25) is 0 Å². The number of halogens is 2. The summed E-state index contributed by atoms with van der Waals surface area (Å²) < 4.78 is 31.3. The molecule has 0 fully saturated rings. The zero-order valence-corrected chi connectivity index (χ0v) is 12.7. The van der Waals surface area contributed by atoms with Gasteiger partial charge in [0.15, 0.2) is 17.5 Å². The molecule has 2 heterocycles. The van der Waals surface area contributed by atoms with Gasteiger partial charge in [0.25, 0.3) is 5.89 Å². The summed E-state index contributed by atoms with van der Waals surface area (Å²) >= 11 is 1.19. The summed E-state index contributed by atoms with van der Waals surface area (Å²) in [6, 6.07) is 3.55. The van der Waals surface area contributed by atoms with E-state index in [9.17, 15) is 13.6 Å². The number of amides is 1. The van der Waals surface area contributed by atoms with E-state index in [0.29, 0.717) is 15.4 Å². The SMILES string of the molecule is CNC(=O)Cc1noc(-c2cnc(-c3ccc(F)c(F)c3)s2)n1. The minimum absolute atomic E-state index is 0.00876. The third kappa shape index (κ3) is 3.24. The number of hydrogen-bond donors (Lipinski definition) is 1. The summed E-state index contributed by atoms with van der Waals surface area (Å²) in [7, 11) is 1.51. The summed E-state index contributed by atoms with van der Waals surface area (Å²) in [4.78, 5) is 20.1. The van der Waals surface area contributed by atoms with Crippen molar-refractivity contribution in [2.24, 2.45) is 0 Å². The molecule has 0 aliphatic carbocycles. The average molecular weight is 336 g/mol. The second-order valence-electron chi connectivity index (χ2n) is 4.52. The van der Waals surface area contributed by atoms with Crippen molar-refractivity contribution in [1.82, 2.24) is 20.4 Å². The molecule has 2 aromatic heterocycles. The van der Waals surface area contributed by atoms with Crippen LogP contribution in [0.15, 0.2) is 28.9 Å². The average Bonchev–Trinajstić information content (AvgIpc) is 3.19. The van der Waals surface area contributed by atoms with Crippen molar-refractivity contribution in [3.05, 3.63) is 41.9 Å². The Bertz CT molecular complexity index is 862. The molecule has 0 saturated heterocycles. The Morgan fingerprint density at radius 2 is 2.17 bits per heavy atom. The number of carbonyl (C=O) groups excluding carboxylic acids is 1. The van der Waals surface area contributed by atoms with E-state index in [1.54, 1.807) is 0 Å². The molecule has 3 rings (SSSR count). The Balaban J connectivity index is 1.84. The molecule has 1 amide bonds. The Hall–Kier alpha value is -2.68. The maximum absolute atomic E-state index is 13.3. The van der Waals surface area contributed by atoms with E-state index in [1.807, 2.05) is 0 Å². The molecular formula is C14H10F2N4O2S. The van der Waals surface area contributed by atoms with Crippen LogP contribution in [0, 0.1) is 11.6 Å². The van der Waals surface area contributed by atoms with Gasteiger partial charge in [-0.25, -0.2) is 13.8 Å². The van der Waals surface area contributed by atoms with Gasteiger partial charge in [-0.3, -0.25) is 4.79 Å². The van der Waals surface area contributed by atoms with Gasteiger partial charge in [-0.15, -0.1) is 11.3 Å². The molecule has 1 aromatic carbocycles. The van der Waals surface area contributed by atoms with Crippen molar-refractivity contribution in [2.45, 2.75) is 6.42 Å². The fourth-order valence-corrected chi connectivity index (χ4v) is 2.63. The minimum Gasteiger partial charge on any atom is -0.359 e. The number of benzene rings is 1. The molecule has 9 heteroatoms. The van der Waals surface area contributed by atoms with Crippen LogP contribution < -0.4 is 5.32 Å². The second kappa shape index (κ2) is 6.21. The van der Waals surface area contributed by atoms with E-state index >= 15 is 0 Å². The Morgan fingerprint density at radius 1 is 1.35 bits per heavy atom. The molecule has 0 aliphatic rings. The van der Waals surface area contributed by atoms with Crippen LogP contribution in [0.5, 0.6) is 0 Å². The second-order valence-corrected chi connectivity index (χ2v) is 5.55. The first-order valence-corrected chi connectivity index (χ1v) is 7.33. The van der Waals surface area contributed by atoms with E-state index in [0.717, 1.165) is 12.1 Å². The number of carbonyl (C=O) groups is 1. The molecule has 0 radical (unpaired) electrons. The van der Waals surface area contributed by atoms with Crippen LogP contribution in [0.4, 0.5) is 8.78 Å². The molecule has 0 spiro atoms. The molecule has 23 heavy (non-hydrogen) atoms. The van der Waals surface area contributed by atoms with Gasteiger partial charge < -0.3 is 9.84 Å². The molecule has 0 aliphatic heterocycles. The highest BCUT2D eigenvalue weighted by molar-refractivity contribution is 7.18. The van der Waals surface area contributed by atoms with Gasteiger partial charge >= 0.3 is 0 Å². The summed E-state index contributed by atoms with van der Waals surface area (Å²) in [5.74, 6) is -1.62. The van der Waals surface area contributed by atoms with Crippen molar-refractivity contribution < 1.29 is 18.1 Å².